The van der Waals surface area contributed by atoms with Gasteiger partial charge in [0.25, 0.3) is 5.91 Å². The second kappa shape index (κ2) is 11.7. The summed E-state index contributed by atoms with van der Waals surface area (Å²) in [5, 5.41) is 2.79. The van der Waals surface area contributed by atoms with E-state index in [0.29, 0.717) is 29.7 Å². The average Bonchev–Trinajstić information content (AvgIpc) is 2.76. The number of nitrogens with one attached hydrogen (secondary N) is 1. The molecule has 0 radical (unpaired) electrons. The molecule has 2 aromatic carbocycles. The van der Waals surface area contributed by atoms with E-state index < -0.39 is 27.0 Å². The Morgan fingerprint density at radius 1 is 1.14 bits per heavy atom. The first-order valence-corrected chi connectivity index (χ1v) is 13.4. The molecule has 0 aromatic heterocycles. The van der Waals surface area contributed by atoms with E-state index in [1.54, 1.807) is 32.0 Å². The Bertz CT molecular complexity index is 1150. The molecule has 0 heterocycles. The molecule has 0 bridgehead atoms. The number of carbonyl (C=O) groups excluding carboxylic acids is 1. The highest BCUT2D eigenvalue weighted by atomic mass is 32.2. The molecule has 0 saturated carbocycles. The van der Waals surface area contributed by atoms with Crippen molar-refractivity contribution in [3.63, 3.8) is 0 Å². The fourth-order valence-electron chi connectivity index (χ4n) is 3.63. The zero-order chi connectivity index (χ0) is 26.3. The van der Waals surface area contributed by atoms with Crippen LogP contribution in [0.25, 0.3) is 0 Å². The molecule has 190 valence electrons. The summed E-state index contributed by atoms with van der Waals surface area (Å²) in [5.41, 5.74) is 7.47. The monoisotopic (exact) mass is 499 g/mol. The second-order valence-corrected chi connectivity index (χ2v) is 11.7. The molecular formula is C27H37N3O4S. The van der Waals surface area contributed by atoms with Gasteiger partial charge >= 0.3 is 0 Å². The van der Waals surface area contributed by atoms with Crippen molar-refractivity contribution in [2.45, 2.75) is 58.2 Å². The predicted octanol–water partition coefficient (Wildman–Crippen LogP) is 3.48. The van der Waals surface area contributed by atoms with Crippen LogP contribution in [-0.4, -0.2) is 44.8 Å². The number of anilines is 1. The number of amides is 1. The normalized spacial score (nSPS) is 13.5. The van der Waals surface area contributed by atoms with E-state index in [0.717, 1.165) is 11.8 Å². The molecule has 35 heavy (non-hydrogen) atoms. The summed E-state index contributed by atoms with van der Waals surface area (Å²) < 4.78 is 32.1. The fourth-order valence-corrected chi connectivity index (χ4v) is 4.63. The summed E-state index contributed by atoms with van der Waals surface area (Å²) in [5.74, 6) is 2.14. The van der Waals surface area contributed by atoms with Gasteiger partial charge in [-0.2, -0.15) is 0 Å². The number of hydrogen-bond donors (Lipinski definition) is 2. The maximum absolute atomic E-state index is 13.0. The second-order valence-electron chi connectivity index (χ2n) is 9.76. The maximum Gasteiger partial charge on any atom is 0.252 e. The van der Waals surface area contributed by atoms with E-state index in [1.165, 1.54) is 4.31 Å². The Labute approximate surface area is 210 Å². The van der Waals surface area contributed by atoms with Crippen LogP contribution in [0.1, 0.15) is 55.6 Å². The van der Waals surface area contributed by atoms with Gasteiger partial charge in [0.15, 0.2) is 0 Å². The third-order valence-electron chi connectivity index (χ3n) is 5.29. The highest BCUT2D eigenvalue weighted by molar-refractivity contribution is 7.92. The first-order chi connectivity index (χ1) is 16.3. The van der Waals surface area contributed by atoms with Gasteiger partial charge in [0.2, 0.25) is 10.0 Å². The summed E-state index contributed by atoms with van der Waals surface area (Å²) in [7, 11) is -3.55. The van der Waals surface area contributed by atoms with Crippen molar-refractivity contribution in [1.82, 2.24) is 5.32 Å². The molecule has 0 spiro atoms. The fraction of sp³-hybridized carbons (Fsp3) is 0.444. The molecule has 1 unspecified atom stereocenters. The van der Waals surface area contributed by atoms with Crippen LogP contribution in [0.3, 0.4) is 0 Å². The average molecular weight is 500 g/mol. The Hall–Kier alpha value is -2.86. The van der Waals surface area contributed by atoms with Gasteiger partial charge in [0.05, 0.1) is 30.7 Å². The zero-order valence-electron chi connectivity index (χ0n) is 21.3. The first kappa shape index (κ1) is 28.4. The summed E-state index contributed by atoms with van der Waals surface area (Å²) in [6, 6.07) is 14.9. The van der Waals surface area contributed by atoms with E-state index in [4.69, 9.17) is 16.9 Å². The van der Waals surface area contributed by atoms with Crippen LogP contribution < -0.4 is 15.4 Å². The number of benzene rings is 2. The third-order valence-corrected chi connectivity index (χ3v) is 6.49. The molecule has 1 amide bonds. The van der Waals surface area contributed by atoms with E-state index >= 15 is 0 Å². The van der Waals surface area contributed by atoms with Gasteiger partial charge in [-0.25, -0.2) is 8.42 Å². The van der Waals surface area contributed by atoms with Crippen molar-refractivity contribution in [3.05, 3.63) is 65.2 Å². The topological polar surface area (TPSA) is 102 Å². The van der Waals surface area contributed by atoms with E-state index in [2.05, 4.69) is 11.2 Å². The van der Waals surface area contributed by atoms with Crippen LogP contribution in [0.15, 0.2) is 48.5 Å². The predicted molar refractivity (Wildman–Crippen MR) is 142 cm³/mol. The Balaban J connectivity index is 2.29. The van der Waals surface area contributed by atoms with Gasteiger partial charge < -0.3 is 15.8 Å². The summed E-state index contributed by atoms with van der Waals surface area (Å²) in [6.07, 6.45) is 7.92. The lowest BCUT2D eigenvalue weighted by Gasteiger charge is -2.26. The number of hydrogen-bond acceptors (Lipinski definition) is 5. The molecule has 2 rings (SSSR count). The van der Waals surface area contributed by atoms with Crippen molar-refractivity contribution in [1.29, 1.82) is 0 Å². The van der Waals surface area contributed by atoms with Crippen molar-refractivity contribution >= 4 is 21.6 Å². The molecule has 0 aliphatic heterocycles. The highest BCUT2D eigenvalue weighted by Crippen LogP contribution is 2.24. The molecule has 0 fully saturated rings. The van der Waals surface area contributed by atoms with Crippen LogP contribution >= 0.6 is 0 Å². The SMILES string of the molecule is C#CC(C)(C)NC(=O)c1cc(COCC(C)(N)Cc2ccccc2)cc(N(CCC)S(C)(=O)=O)c1. The van der Waals surface area contributed by atoms with Gasteiger partial charge in [-0.05, 0) is 62.9 Å². The Morgan fingerprint density at radius 3 is 2.37 bits per heavy atom. The van der Waals surface area contributed by atoms with Crippen LogP contribution in [0.2, 0.25) is 0 Å². The van der Waals surface area contributed by atoms with Gasteiger partial charge in [0, 0.05) is 17.6 Å². The minimum Gasteiger partial charge on any atom is -0.375 e. The number of ether oxygens (including phenoxy) is 1. The molecule has 0 saturated heterocycles. The number of carbonyl (C=O) groups is 1. The summed E-state index contributed by atoms with van der Waals surface area (Å²) in [4.78, 5) is 13.0. The Kier molecular flexibility index (Phi) is 9.50. The minimum absolute atomic E-state index is 0.165. The smallest absolute Gasteiger partial charge is 0.252 e. The number of nitrogens with two attached hydrogens (primary N) is 1. The van der Waals surface area contributed by atoms with Gasteiger partial charge in [0.1, 0.15) is 0 Å². The van der Waals surface area contributed by atoms with Crippen LogP contribution in [0.4, 0.5) is 5.69 Å². The van der Waals surface area contributed by atoms with E-state index in [9.17, 15) is 13.2 Å². The minimum atomic E-state index is -3.55. The number of sulfonamides is 1. The zero-order valence-corrected chi connectivity index (χ0v) is 22.1. The van der Waals surface area contributed by atoms with Crippen molar-refractivity contribution in [2.75, 3.05) is 23.7 Å². The number of rotatable bonds is 12. The number of terminal acetylenes is 1. The summed E-state index contributed by atoms with van der Waals surface area (Å²) in [6.45, 7) is 7.98. The molecule has 0 aliphatic rings. The molecule has 3 N–H and O–H groups in total. The first-order valence-electron chi connectivity index (χ1n) is 11.6. The van der Waals surface area contributed by atoms with Gasteiger partial charge in [-0.15, -0.1) is 6.42 Å². The van der Waals surface area contributed by atoms with Crippen molar-refractivity contribution < 1.29 is 17.9 Å². The molecule has 2 aromatic rings. The molecule has 7 nitrogen and oxygen atoms in total. The van der Waals surface area contributed by atoms with E-state index in [-0.39, 0.29) is 19.8 Å². The van der Waals surface area contributed by atoms with Crippen LogP contribution in [-0.2, 0) is 27.8 Å². The van der Waals surface area contributed by atoms with Crippen molar-refractivity contribution in [2.24, 2.45) is 5.73 Å². The van der Waals surface area contributed by atoms with Gasteiger partial charge in [-0.1, -0.05) is 43.2 Å². The standard InChI is InChI=1S/C27H37N3O4S/c1-7-14-30(35(6,32)33)24-16-22(15-23(17-24)25(31)29-26(3,4)8-2)19-34-20-27(5,28)18-21-12-10-9-11-13-21/h2,9-13,15-17H,7,14,18-20,28H2,1,3-6H3,(H,29,31). The molecular weight excluding hydrogens is 462 g/mol. The number of nitrogens with zero attached hydrogens (tertiary/aromatic N) is 1. The highest BCUT2D eigenvalue weighted by Gasteiger charge is 2.23. The molecule has 8 heteroatoms. The molecule has 1 atom stereocenters. The lowest BCUT2D eigenvalue weighted by atomic mass is 9.95. The van der Waals surface area contributed by atoms with Crippen LogP contribution in [0, 0.1) is 12.3 Å². The maximum atomic E-state index is 13.0. The lowest BCUT2D eigenvalue weighted by Crippen LogP contribution is -2.43. The Morgan fingerprint density at radius 2 is 1.80 bits per heavy atom. The largest absolute Gasteiger partial charge is 0.375 e. The molecule has 0 aliphatic carbocycles. The van der Waals surface area contributed by atoms with Crippen LogP contribution in [0.5, 0.6) is 0 Å². The third kappa shape index (κ3) is 9.02. The van der Waals surface area contributed by atoms with E-state index in [1.807, 2.05) is 44.2 Å². The lowest BCUT2D eigenvalue weighted by molar-refractivity contribution is 0.0789. The van der Waals surface area contributed by atoms with Crippen molar-refractivity contribution in [3.8, 4) is 12.3 Å². The summed E-state index contributed by atoms with van der Waals surface area (Å²) >= 11 is 0. The van der Waals surface area contributed by atoms with Gasteiger partial charge in [-0.3, -0.25) is 9.10 Å². The quantitative estimate of drug-likeness (QED) is 0.436.